The summed E-state index contributed by atoms with van der Waals surface area (Å²) in [6, 6.07) is 0.232. The number of rotatable bonds is 5. The highest BCUT2D eigenvalue weighted by Gasteiger charge is 2.22. The Morgan fingerprint density at radius 3 is 2.94 bits per heavy atom. The first-order chi connectivity index (χ1) is 8.85. The lowest BCUT2D eigenvalue weighted by atomic mass is 10.5. The molecule has 0 amide bonds. The summed E-state index contributed by atoms with van der Waals surface area (Å²) in [4.78, 5) is 16.0. The van der Waals surface area contributed by atoms with Crippen molar-refractivity contribution in [3.63, 3.8) is 0 Å². The molecule has 18 heavy (non-hydrogen) atoms. The minimum absolute atomic E-state index is 0.223. The molecule has 0 saturated heterocycles. The van der Waals surface area contributed by atoms with Crippen molar-refractivity contribution in [3.05, 3.63) is 12.7 Å². The van der Waals surface area contributed by atoms with E-state index in [-0.39, 0.29) is 12.0 Å². The number of anilines is 1. The van der Waals surface area contributed by atoms with Crippen LogP contribution in [0, 0.1) is 5.92 Å². The molecule has 2 aromatic rings. The van der Waals surface area contributed by atoms with Crippen LogP contribution in [0.5, 0.6) is 6.01 Å². The topological polar surface area (TPSA) is 117 Å². The van der Waals surface area contributed by atoms with Crippen LogP contribution in [0.25, 0.3) is 5.95 Å². The number of nitrogen functional groups attached to an aromatic ring is 1. The third-order valence-corrected chi connectivity index (χ3v) is 2.50. The molecular weight excluding hydrogens is 236 g/mol. The van der Waals surface area contributed by atoms with Gasteiger partial charge in [-0.2, -0.15) is 24.7 Å². The largest absolute Gasteiger partial charge is 0.463 e. The quantitative estimate of drug-likeness (QED) is 0.538. The maximum Gasteiger partial charge on any atom is 0.323 e. The van der Waals surface area contributed by atoms with Crippen molar-refractivity contribution in [3.8, 4) is 12.0 Å². The fraction of sp³-hybridized carbons (Fsp3) is 0.444. The van der Waals surface area contributed by atoms with E-state index in [0.717, 1.165) is 0 Å². The molecule has 3 rings (SSSR count). The second-order valence-corrected chi connectivity index (χ2v) is 3.98. The maximum atomic E-state index is 5.49. The van der Waals surface area contributed by atoms with Crippen LogP contribution in [-0.4, -0.2) is 36.3 Å². The molecule has 0 atom stereocenters. The molecule has 2 aromatic heterocycles. The normalized spacial score (nSPS) is 14.5. The van der Waals surface area contributed by atoms with Crippen LogP contribution in [0.4, 0.5) is 5.95 Å². The third-order valence-electron chi connectivity index (χ3n) is 2.50. The van der Waals surface area contributed by atoms with Crippen molar-refractivity contribution in [1.29, 1.82) is 0 Å². The zero-order valence-corrected chi connectivity index (χ0v) is 9.52. The van der Waals surface area contributed by atoms with Crippen LogP contribution in [-0.2, 0) is 0 Å². The summed E-state index contributed by atoms with van der Waals surface area (Å²) >= 11 is 0. The van der Waals surface area contributed by atoms with Crippen molar-refractivity contribution in [2.45, 2.75) is 12.8 Å². The molecule has 0 radical (unpaired) electrons. The van der Waals surface area contributed by atoms with Crippen molar-refractivity contribution in [1.82, 2.24) is 29.7 Å². The number of hydrogen-bond acceptors (Lipinski definition) is 8. The highest BCUT2D eigenvalue weighted by Crippen LogP contribution is 2.29. The number of nitrogens with zero attached hydrogens (tertiary/aromatic N) is 6. The standard InChI is InChI=1S/C9H12N8O/c10-16-7-13-8(17-5-11-4-12-17)15-9(14-7)18-3-6-1-2-6/h4-6H,1-3,10H2,(H,13,14,15,16). The van der Waals surface area contributed by atoms with Crippen LogP contribution >= 0.6 is 0 Å². The van der Waals surface area contributed by atoms with Gasteiger partial charge in [0.1, 0.15) is 12.7 Å². The zero-order valence-electron chi connectivity index (χ0n) is 9.52. The molecule has 1 aliphatic rings. The fourth-order valence-electron chi connectivity index (χ4n) is 1.37. The Labute approximate surface area is 102 Å². The molecule has 0 bridgehead atoms. The Morgan fingerprint density at radius 2 is 2.28 bits per heavy atom. The maximum absolute atomic E-state index is 5.49. The molecule has 94 valence electrons. The van der Waals surface area contributed by atoms with Gasteiger partial charge in [0.05, 0.1) is 6.61 Å². The predicted octanol–water partition coefficient (Wildman–Crippen LogP) is -0.473. The SMILES string of the molecule is NNc1nc(OCC2CC2)nc(-n2cncn2)n1. The van der Waals surface area contributed by atoms with Gasteiger partial charge < -0.3 is 4.74 Å². The van der Waals surface area contributed by atoms with Gasteiger partial charge in [0.2, 0.25) is 5.95 Å². The summed E-state index contributed by atoms with van der Waals surface area (Å²) in [7, 11) is 0. The minimum atomic E-state index is 0.223. The van der Waals surface area contributed by atoms with Gasteiger partial charge in [-0.1, -0.05) is 0 Å². The molecule has 1 saturated carbocycles. The van der Waals surface area contributed by atoms with E-state index in [4.69, 9.17) is 10.6 Å². The summed E-state index contributed by atoms with van der Waals surface area (Å²) in [5.74, 6) is 6.45. The van der Waals surface area contributed by atoms with E-state index in [0.29, 0.717) is 18.5 Å². The van der Waals surface area contributed by atoms with E-state index >= 15 is 0 Å². The Balaban J connectivity index is 1.85. The van der Waals surface area contributed by atoms with Crippen LogP contribution in [0.15, 0.2) is 12.7 Å². The number of nitrogens with one attached hydrogen (secondary N) is 1. The number of ether oxygens (including phenoxy) is 1. The molecule has 1 fully saturated rings. The Morgan fingerprint density at radius 1 is 1.39 bits per heavy atom. The van der Waals surface area contributed by atoms with Crippen molar-refractivity contribution >= 4 is 5.95 Å². The number of nitrogens with two attached hydrogens (primary N) is 1. The van der Waals surface area contributed by atoms with Gasteiger partial charge in [0, 0.05) is 0 Å². The van der Waals surface area contributed by atoms with Crippen molar-refractivity contribution in [2.24, 2.45) is 11.8 Å². The van der Waals surface area contributed by atoms with Crippen LogP contribution in [0.1, 0.15) is 12.8 Å². The molecule has 3 N–H and O–H groups in total. The second kappa shape index (κ2) is 4.53. The summed E-state index contributed by atoms with van der Waals surface area (Å²) in [6.45, 7) is 0.616. The average Bonchev–Trinajstić information content (AvgIpc) is 3.07. The molecule has 0 aliphatic heterocycles. The molecule has 0 spiro atoms. The number of hydrogen-bond donors (Lipinski definition) is 2. The number of hydrazine groups is 1. The molecule has 1 aliphatic carbocycles. The molecule has 9 heteroatoms. The fourth-order valence-corrected chi connectivity index (χ4v) is 1.37. The summed E-state index contributed by atoms with van der Waals surface area (Å²) in [5.41, 5.74) is 2.37. The lowest BCUT2D eigenvalue weighted by Gasteiger charge is -2.06. The van der Waals surface area contributed by atoms with Gasteiger partial charge in [0.25, 0.3) is 5.95 Å². The molecule has 0 unspecified atom stereocenters. The Kier molecular flexibility index (Phi) is 2.73. The van der Waals surface area contributed by atoms with Gasteiger partial charge in [-0.25, -0.2) is 10.8 Å². The van der Waals surface area contributed by atoms with Crippen LogP contribution in [0.2, 0.25) is 0 Å². The van der Waals surface area contributed by atoms with Gasteiger partial charge in [-0.3, -0.25) is 5.43 Å². The monoisotopic (exact) mass is 248 g/mol. The van der Waals surface area contributed by atoms with Gasteiger partial charge >= 0.3 is 6.01 Å². The lowest BCUT2D eigenvalue weighted by molar-refractivity contribution is 0.275. The minimum Gasteiger partial charge on any atom is -0.463 e. The average molecular weight is 248 g/mol. The van der Waals surface area contributed by atoms with Crippen molar-refractivity contribution in [2.75, 3.05) is 12.0 Å². The second-order valence-electron chi connectivity index (χ2n) is 3.98. The first kappa shape index (κ1) is 10.8. The molecule has 2 heterocycles. The van der Waals surface area contributed by atoms with Gasteiger partial charge in [-0.05, 0) is 18.8 Å². The van der Waals surface area contributed by atoms with Crippen LogP contribution in [0.3, 0.4) is 0 Å². The summed E-state index contributed by atoms with van der Waals surface area (Å²) in [5, 5.41) is 3.94. The predicted molar refractivity (Wildman–Crippen MR) is 60.8 cm³/mol. The van der Waals surface area contributed by atoms with E-state index in [2.05, 4.69) is 30.5 Å². The van der Waals surface area contributed by atoms with E-state index in [1.165, 1.54) is 30.2 Å². The van der Waals surface area contributed by atoms with Crippen molar-refractivity contribution < 1.29 is 4.74 Å². The highest BCUT2D eigenvalue weighted by molar-refractivity contribution is 5.28. The van der Waals surface area contributed by atoms with E-state index in [1.54, 1.807) is 0 Å². The smallest absolute Gasteiger partial charge is 0.323 e. The van der Waals surface area contributed by atoms with Crippen LogP contribution < -0.4 is 16.0 Å². The van der Waals surface area contributed by atoms with E-state index in [1.807, 2.05) is 0 Å². The summed E-state index contributed by atoms with van der Waals surface area (Å²) < 4.78 is 6.90. The lowest BCUT2D eigenvalue weighted by Crippen LogP contribution is -2.15. The zero-order chi connectivity index (χ0) is 12.4. The first-order valence-corrected chi connectivity index (χ1v) is 5.55. The summed E-state index contributed by atoms with van der Waals surface area (Å²) in [6.07, 6.45) is 5.27. The Bertz CT molecular complexity index is 523. The van der Waals surface area contributed by atoms with E-state index < -0.39 is 0 Å². The first-order valence-electron chi connectivity index (χ1n) is 5.55. The van der Waals surface area contributed by atoms with Gasteiger partial charge in [-0.15, -0.1) is 0 Å². The Hall–Kier alpha value is -2.29. The van der Waals surface area contributed by atoms with E-state index in [9.17, 15) is 0 Å². The number of aromatic nitrogens is 6. The molecule has 0 aromatic carbocycles. The molecular formula is C9H12N8O. The molecule has 9 nitrogen and oxygen atoms in total. The van der Waals surface area contributed by atoms with Gasteiger partial charge in [0.15, 0.2) is 0 Å². The highest BCUT2D eigenvalue weighted by atomic mass is 16.5. The third kappa shape index (κ3) is 2.35.